The number of fused-ring (bicyclic) bond motifs is 4. The third kappa shape index (κ3) is 3.84. The molecule has 3 heterocycles. The number of hydrogen-bond donors (Lipinski definition) is 0. The number of rotatable bonds is 6. The van der Waals surface area contributed by atoms with Gasteiger partial charge < -0.3 is 14.2 Å². The molecule has 4 aromatic rings. The Kier molecular flexibility index (Phi) is 5.45. The van der Waals surface area contributed by atoms with E-state index in [9.17, 15) is 8.42 Å². The fraction of sp³-hybridized carbons (Fsp3) is 0.375. The summed E-state index contributed by atoms with van der Waals surface area (Å²) in [6.07, 6.45) is 4.77. The Bertz CT molecular complexity index is 1500. The second kappa shape index (κ2) is 8.65. The third-order valence-corrected chi connectivity index (χ3v) is 8.72. The summed E-state index contributed by atoms with van der Waals surface area (Å²) in [5, 5.41) is 13.1. The molecule has 2 aromatic carbocycles. The van der Waals surface area contributed by atoms with Gasteiger partial charge in [0, 0.05) is 29.6 Å². The fourth-order valence-corrected chi connectivity index (χ4v) is 6.66. The van der Waals surface area contributed by atoms with Gasteiger partial charge in [-0.3, -0.25) is 0 Å². The maximum atomic E-state index is 13.9. The quantitative estimate of drug-likeness (QED) is 0.400. The number of benzene rings is 2. The second-order valence-corrected chi connectivity index (χ2v) is 10.8. The van der Waals surface area contributed by atoms with Gasteiger partial charge in [0.2, 0.25) is 16.8 Å². The second-order valence-electron chi connectivity index (χ2n) is 8.87. The summed E-state index contributed by atoms with van der Waals surface area (Å²) in [6.45, 7) is 0.320. The molecule has 0 atom stereocenters. The highest BCUT2D eigenvalue weighted by atomic mass is 32.2. The van der Waals surface area contributed by atoms with E-state index in [-0.39, 0.29) is 24.3 Å². The Morgan fingerprint density at radius 2 is 1.80 bits per heavy atom. The first-order chi connectivity index (χ1) is 17.0. The first-order valence-corrected chi connectivity index (χ1v) is 13.1. The smallest absolute Gasteiger partial charge is 0.243 e. The minimum absolute atomic E-state index is 0.0979. The number of nitrogens with zero attached hydrogens (tertiary/aromatic N) is 5. The standard InChI is InChI=1S/C24H25N5O5S/c1-32-19-7-9-20(10-8-19)35(30,31)28(18-5-3-2-4-6-18)14-17-11-16-12-22-23(34-15-33-22)13-21(16)29-24(17)25-26-27-29/h7-13,18H,2-6,14-15H2,1H3. The van der Waals surface area contributed by atoms with Crippen molar-refractivity contribution in [1.29, 1.82) is 0 Å². The highest BCUT2D eigenvalue weighted by Crippen LogP contribution is 2.37. The van der Waals surface area contributed by atoms with Crippen molar-refractivity contribution in [3.63, 3.8) is 0 Å². The molecule has 35 heavy (non-hydrogen) atoms. The van der Waals surface area contributed by atoms with Crippen molar-refractivity contribution < 1.29 is 22.6 Å². The molecule has 1 fully saturated rings. The van der Waals surface area contributed by atoms with E-state index in [0.29, 0.717) is 22.9 Å². The maximum Gasteiger partial charge on any atom is 0.243 e. The molecule has 6 rings (SSSR count). The van der Waals surface area contributed by atoms with Crippen LogP contribution in [-0.4, -0.2) is 52.7 Å². The van der Waals surface area contributed by atoms with E-state index < -0.39 is 10.0 Å². The monoisotopic (exact) mass is 495 g/mol. The minimum Gasteiger partial charge on any atom is -0.497 e. The molecule has 0 unspecified atom stereocenters. The summed E-state index contributed by atoms with van der Waals surface area (Å²) in [5.74, 6) is 1.89. The van der Waals surface area contributed by atoms with Crippen LogP contribution in [0.3, 0.4) is 0 Å². The van der Waals surface area contributed by atoms with Gasteiger partial charge in [-0.25, -0.2) is 8.42 Å². The van der Waals surface area contributed by atoms with E-state index >= 15 is 0 Å². The molecule has 0 amide bonds. The molecule has 182 valence electrons. The van der Waals surface area contributed by atoms with E-state index in [1.807, 2.05) is 18.2 Å². The Balaban J connectivity index is 1.46. The Morgan fingerprint density at radius 1 is 1.06 bits per heavy atom. The lowest BCUT2D eigenvalue weighted by molar-refractivity contribution is 0.174. The van der Waals surface area contributed by atoms with Crippen molar-refractivity contribution in [3.05, 3.63) is 48.0 Å². The summed E-state index contributed by atoms with van der Waals surface area (Å²) < 4.78 is 47.4. The van der Waals surface area contributed by atoms with Crippen molar-refractivity contribution in [3.8, 4) is 17.2 Å². The zero-order valence-corrected chi connectivity index (χ0v) is 20.1. The molecule has 1 aliphatic heterocycles. The Morgan fingerprint density at radius 3 is 2.54 bits per heavy atom. The molecule has 2 aromatic heterocycles. The molecule has 11 heteroatoms. The topological polar surface area (TPSA) is 108 Å². The van der Waals surface area contributed by atoms with E-state index in [1.165, 1.54) is 0 Å². The average Bonchev–Trinajstić information content (AvgIpc) is 3.56. The van der Waals surface area contributed by atoms with Crippen molar-refractivity contribution in [2.24, 2.45) is 0 Å². The summed E-state index contributed by atoms with van der Waals surface area (Å²) in [5.41, 5.74) is 2.01. The summed E-state index contributed by atoms with van der Waals surface area (Å²) in [6, 6.07) is 12.1. The van der Waals surface area contributed by atoms with Gasteiger partial charge in [-0.05, 0) is 59.7 Å². The number of methoxy groups -OCH3 is 1. The van der Waals surface area contributed by atoms with Crippen LogP contribution in [0.5, 0.6) is 17.2 Å². The number of ether oxygens (including phenoxy) is 3. The summed E-state index contributed by atoms with van der Waals surface area (Å²) in [4.78, 5) is 0.239. The first kappa shape index (κ1) is 22.1. The number of pyridine rings is 1. The first-order valence-electron chi connectivity index (χ1n) is 11.6. The highest BCUT2D eigenvalue weighted by molar-refractivity contribution is 7.89. The summed E-state index contributed by atoms with van der Waals surface area (Å²) >= 11 is 0. The predicted octanol–water partition coefficient (Wildman–Crippen LogP) is 3.54. The van der Waals surface area contributed by atoms with Crippen molar-refractivity contribution in [2.75, 3.05) is 13.9 Å². The van der Waals surface area contributed by atoms with Crippen molar-refractivity contribution >= 4 is 26.6 Å². The lowest BCUT2D eigenvalue weighted by Crippen LogP contribution is -2.41. The fourth-order valence-electron chi connectivity index (χ4n) is 4.99. The zero-order chi connectivity index (χ0) is 24.0. The van der Waals surface area contributed by atoms with Crippen LogP contribution in [0.15, 0.2) is 47.4 Å². The number of tetrazole rings is 1. The molecule has 0 saturated heterocycles. The zero-order valence-electron chi connectivity index (χ0n) is 19.3. The van der Waals surface area contributed by atoms with Crippen LogP contribution in [0.2, 0.25) is 0 Å². The molecular formula is C24H25N5O5S. The lowest BCUT2D eigenvalue weighted by Gasteiger charge is -2.33. The van der Waals surface area contributed by atoms with Crippen molar-refractivity contribution in [2.45, 2.75) is 49.6 Å². The highest BCUT2D eigenvalue weighted by Gasteiger charge is 2.33. The molecule has 0 radical (unpaired) electrons. The minimum atomic E-state index is -3.78. The van der Waals surface area contributed by atoms with Crippen LogP contribution < -0.4 is 14.2 Å². The molecule has 10 nitrogen and oxygen atoms in total. The van der Waals surface area contributed by atoms with Gasteiger partial charge in [-0.15, -0.1) is 5.10 Å². The number of hydrogen-bond acceptors (Lipinski definition) is 8. The van der Waals surface area contributed by atoms with Gasteiger partial charge >= 0.3 is 0 Å². The average molecular weight is 496 g/mol. The summed E-state index contributed by atoms with van der Waals surface area (Å²) in [7, 11) is -2.23. The molecule has 0 bridgehead atoms. The van der Waals surface area contributed by atoms with Crippen LogP contribution in [0.25, 0.3) is 16.6 Å². The Hall–Kier alpha value is -3.44. The van der Waals surface area contributed by atoms with E-state index in [4.69, 9.17) is 14.2 Å². The van der Waals surface area contributed by atoms with Gasteiger partial charge in [-0.2, -0.15) is 8.82 Å². The predicted molar refractivity (Wildman–Crippen MR) is 127 cm³/mol. The Labute approximate surface area is 202 Å². The maximum absolute atomic E-state index is 13.9. The van der Waals surface area contributed by atoms with Gasteiger partial charge in [0.25, 0.3) is 0 Å². The van der Waals surface area contributed by atoms with Crippen LogP contribution in [-0.2, 0) is 16.6 Å². The molecule has 2 aliphatic rings. The SMILES string of the molecule is COc1ccc(S(=O)(=O)N(Cc2cc3cc4c(cc3n3nnnc23)OCO4)C2CCCCC2)cc1. The van der Waals surface area contributed by atoms with E-state index in [0.717, 1.165) is 48.6 Å². The van der Waals surface area contributed by atoms with Gasteiger partial charge in [-0.1, -0.05) is 19.3 Å². The molecule has 0 spiro atoms. The number of aromatic nitrogens is 4. The van der Waals surface area contributed by atoms with Gasteiger partial charge in [0.05, 0.1) is 17.5 Å². The van der Waals surface area contributed by atoms with Crippen molar-refractivity contribution in [1.82, 2.24) is 24.3 Å². The molecule has 0 N–H and O–H groups in total. The molecule has 1 saturated carbocycles. The van der Waals surface area contributed by atoms with Crippen LogP contribution in [0, 0.1) is 0 Å². The lowest BCUT2D eigenvalue weighted by atomic mass is 9.95. The van der Waals surface area contributed by atoms with Crippen LogP contribution in [0.1, 0.15) is 37.7 Å². The molecule has 1 aliphatic carbocycles. The van der Waals surface area contributed by atoms with E-state index in [2.05, 4.69) is 15.5 Å². The third-order valence-electron chi connectivity index (χ3n) is 6.81. The largest absolute Gasteiger partial charge is 0.497 e. The van der Waals surface area contributed by atoms with Gasteiger partial charge in [0.1, 0.15) is 5.75 Å². The van der Waals surface area contributed by atoms with E-state index in [1.54, 1.807) is 40.2 Å². The molecular weight excluding hydrogens is 470 g/mol. The normalized spacial score (nSPS) is 16.4. The van der Waals surface area contributed by atoms with Gasteiger partial charge in [0.15, 0.2) is 17.1 Å². The van der Waals surface area contributed by atoms with Crippen LogP contribution in [0.4, 0.5) is 0 Å². The van der Waals surface area contributed by atoms with Crippen LogP contribution >= 0.6 is 0 Å². The number of sulfonamides is 1.